The molecule has 1 heterocycles. The van der Waals surface area contributed by atoms with Gasteiger partial charge >= 0.3 is 0 Å². The maximum atomic E-state index is 13.2. The van der Waals surface area contributed by atoms with E-state index in [0.29, 0.717) is 13.0 Å². The predicted molar refractivity (Wildman–Crippen MR) is 131 cm³/mol. The Morgan fingerprint density at radius 1 is 1.03 bits per heavy atom. The molecule has 5 N–H and O–H groups in total. The Morgan fingerprint density at radius 3 is 2.59 bits per heavy atom. The lowest BCUT2D eigenvalue weighted by Crippen LogP contribution is -2.39. The average molecular weight is 428 g/mol. The maximum absolute atomic E-state index is 13.2. The van der Waals surface area contributed by atoms with Crippen LogP contribution in [0.25, 0.3) is 21.7 Å². The molecule has 0 saturated carbocycles. The molecule has 6 heteroatoms. The molecule has 1 unspecified atom stereocenters. The molecule has 3 aromatic carbocycles. The molecular weight excluding hydrogens is 398 g/mol. The summed E-state index contributed by atoms with van der Waals surface area (Å²) in [4.78, 5) is 22.5. The van der Waals surface area contributed by atoms with E-state index in [1.54, 1.807) is 4.90 Å². The van der Waals surface area contributed by atoms with Crippen molar-refractivity contribution in [3.8, 4) is 0 Å². The molecule has 1 atom stereocenters. The van der Waals surface area contributed by atoms with Crippen molar-refractivity contribution in [3.63, 3.8) is 0 Å². The van der Waals surface area contributed by atoms with Crippen molar-refractivity contribution in [2.24, 2.45) is 16.5 Å². The predicted octanol–water partition coefficient (Wildman–Crippen LogP) is 4.29. The summed E-state index contributed by atoms with van der Waals surface area (Å²) in [5.41, 5.74) is 14.6. The molecular formula is C26H29N5O. The number of para-hydroxylation sites is 1. The molecule has 164 valence electrons. The number of aryl methyl sites for hydroxylation is 1. The second-order valence-corrected chi connectivity index (χ2v) is 8.10. The zero-order chi connectivity index (χ0) is 22.5. The van der Waals surface area contributed by atoms with Gasteiger partial charge in [0.1, 0.15) is 6.17 Å². The Labute approximate surface area is 187 Å². The zero-order valence-corrected chi connectivity index (χ0v) is 18.3. The minimum absolute atomic E-state index is 0.0207. The highest BCUT2D eigenvalue weighted by Gasteiger charge is 2.20. The van der Waals surface area contributed by atoms with Crippen molar-refractivity contribution < 1.29 is 4.79 Å². The minimum atomic E-state index is -0.438. The Balaban J connectivity index is 1.47. The number of rotatable bonds is 8. The third-order valence-electron chi connectivity index (χ3n) is 5.79. The summed E-state index contributed by atoms with van der Waals surface area (Å²) in [6.07, 6.45) is 3.60. The van der Waals surface area contributed by atoms with Gasteiger partial charge in [0.2, 0.25) is 5.91 Å². The van der Waals surface area contributed by atoms with Crippen LogP contribution in [0.1, 0.15) is 30.9 Å². The number of guanidine groups is 1. The summed E-state index contributed by atoms with van der Waals surface area (Å²) in [6, 6.07) is 22.7. The first-order chi connectivity index (χ1) is 15.5. The molecule has 0 spiro atoms. The summed E-state index contributed by atoms with van der Waals surface area (Å²) in [7, 11) is 0. The Kier molecular flexibility index (Phi) is 6.40. The summed E-state index contributed by atoms with van der Waals surface area (Å²) in [5.74, 6) is 0.0168. The lowest BCUT2D eigenvalue weighted by atomic mass is 10.1. The van der Waals surface area contributed by atoms with E-state index in [-0.39, 0.29) is 11.9 Å². The van der Waals surface area contributed by atoms with Crippen LogP contribution in [0, 0.1) is 0 Å². The summed E-state index contributed by atoms with van der Waals surface area (Å²) in [5, 5.41) is 3.53. The Bertz CT molecular complexity index is 1260. The van der Waals surface area contributed by atoms with Crippen LogP contribution in [0.15, 0.2) is 77.9 Å². The highest BCUT2D eigenvalue weighted by atomic mass is 16.2. The van der Waals surface area contributed by atoms with Gasteiger partial charge in [-0.25, -0.2) is 4.99 Å². The topological polar surface area (TPSA) is 100 Å². The van der Waals surface area contributed by atoms with Gasteiger partial charge in [0.15, 0.2) is 5.96 Å². The molecule has 4 aromatic rings. The number of aromatic nitrogens is 1. The highest BCUT2D eigenvalue weighted by molar-refractivity contribution is 5.84. The quantitative estimate of drug-likeness (QED) is 0.289. The molecule has 0 aliphatic heterocycles. The second-order valence-electron chi connectivity index (χ2n) is 8.10. The van der Waals surface area contributed by atoms with Crippen molar-refractivity contribution in [3.05, 3.63) is 84.1 Å². The van der Waals surface area contributed by atoms with Gasteiger partial charge in [0.25, 0.3) is 0 Å². The number of nitrogens with two attached hydrogens (primary N) is 2. The van der Waals surface area contributed by atoms with E-state index < -0.39 is 6.17 Å². The van der Waals surface area contributed by atoms with Crippen LogP contribution in [0.4, 0.5) is 0 Å². The molecule has 0 bridgehead atoms. The van der Waals surface area contributed by atoms with E-state index in [1.165, 1.54) is 16.3 Å². The van der Waals surface area contributed by atoms with Crippen molar-refractivity contribution in [2.75, 3.05) is 0 Å². The number of fused-ring (bicyclic) bond motifs is 2. The fourth-order valence-electron chi connectivity index (χ4n) is 4.16. The SMILES string of the molecule is CC(N=C(N)N)N(Cc1ccc2ccccc2c1)C(=O)CCCc1c[nH]c2ccccc12. The van der Waals surface area contributed by atoms with Gasteiger partial charge < -0.3 is 21.4 Å². The third-order valence-corrected chi connectivity index (χ3v) is 5.79. The zero-order valence-electron chi connectivity index (χ0n) is 18.3. The number of aliphatic imine (C=N–C) groups is 1. The van der Waals surface area contributed by atoms with E-state index >= 15 is 0 Å². The van der Waals surface area contributed by atoms with Gasteiger partial charge in [0, 0.05) is 30.1 Å². The second kappa shape index (κ2) is 9.56. The number of hydrogen-bond acceptors (Lipinski definition) is 2. The molecule has 0 radical (unpaired) electrons. The van der Waals surface area contributed by atoms with Crippen LogP contribution in [0.3, 0.4) is 0 Å². The van der Waals surface area contributed by atoms with Crippen molar-refractivity contribution >= 4 is 33.5 Å². The lowest BCUT2D eigenvalue weighted by Gasteiger charge is -2.27. The van der Waals surface area contributed by atoms with Crippen LogP contribution in [0.2, 0.25) is 0 Å². The summed E-state index contributed by atoms with van der Waals surface area (Å²) < 4.78 is 0. The molecule has 1 amide bonds. The summed E-state index contributed by atoms with van der Waals surface area (Å²) in [6.45, 7) is 2.30. The van der Waals surface area contributed by atoms with Gasteiger partial charge in [-0.3, -0.25) is 4.79 Å². The van der Waals surface area contributed by atoms with E-state index in [0.717, 1.165) is 29.3 Å². The number of carbonyl (C=O) groups excluding carboxylic acids is 1. The number of nitrogens with zero attached hydrogens (tertiary/aromatic N) is 2. The van der Waals surface area contributed by atoms with Gasteiger partial charge in [-0.2, -0.15) is 0 Å². The molecule has 4 rings (SSSR count). The van der Waals surface area contributed by atoms with Crippen molar-refractivity contribution in [2.45, 2.75) is 38.9 Å². The molecule has 0 fully saturated rings. The fourth-order valence-corrected chi connectivity index (χ4v) is 4.16. The lowest BCUT2D eigenvalue weighted by molar-refractivity contribution is -0.133. The van der Waals surface area contributed by atoms with E-state index in [2.05, 4.69) is 52.4 Å². The van der Waals surface area contributed by atoms with Crippen LogP contribution in [-0.4, -0.2) is 27.9 Å². The van der Waals surface area contributed by atoms with E-state index in [9.17, 15) is 4.79 Å². The van der Waals surface area contributed by atoms with Gasteiger partial charge in [-0.15, -0.1) is 0 Å². The number of aromatic amines is 1. The first-order valence-corrected chi connectivity index (χ1v) is 10.9. The monoisotopic (exact) mass is 427 g/mol. The fraction of sp³-hybridized carbons (Fsp3) is 0.231. The largest absolute Gasteiger partial charge is 0.370 e. The van der Waals surface area contributed by atoms with Crippen LogP contribution < -0.4 is 11.5 Å². The third kappa shape index (κ3) is 4.91. The van der Waals surface area contributed by atoms with Crippen LogP contribution >= 0.6 is 0 Å². The van der Waals surface area contributed by atoms with Gasteiger partial charge in [-0.05, 0) is 53.8 Å². The summed E-state index contributed by atoms with van der Waals surface area (Å²) >= 11 is 0. The number of benzene rings is 3. The van der Waals surface area contributed by atoms with Crippen LogP contribution in [0.5, 0.6) is 0 Å². The van der Waals surface area contributed by atoms with Gasteiger partial charge in [-0.1, -0.05) is 54.6 Å². The molecule has 6 nitrogen and oxygen atoms in total. The maximum Gasteiger partial charge on any atom is 0.224 e. The number of hydrogen-bond donors (Lipinski definition) is 3. The van der Waals surface area contributed by atoms with Gasteiger partial charge in [0.05, 0.1) is 0 Å². The van der Waals surface area contributed by atoms with Crippen molar-refractivity contribution in [1.29, 1.82) is 0 Å². The highest BCUT2D eigenvalue weighted by Crippen LogP contribution is 2.21. The Hall–Kier alpha value is -3.80. The Morgan fingerprint density at radius 2 is 1.78 bits per heavy atom. The first-order valence-electron chi connectivity index (χ1n) is 10.9. The molecule has 1 aromatic heterocycles. The molecule has 0 saturated heterocycles. The number of carbonyl (C=O) groups is 1. The first kappa shape index (κ1) is 21.4. The van der Waals surface area contributed by atoms with Crippen molar-refractivity contribution in [1.82, 2.24) is 9.88 Å². The molecule has 0 aliphatic carbocycles. The molecule has 32 heavy (non-hydrogen) atoms. The number of H-pyrrole nitrogens is 1. The normalized spacial score (nSPS) is 12.0. The van der Waals surface area contributed by atoms with E-state index in [1.807, 2.05) is 37.4 Å². The number of nitrogens with one attached hydrogen (secondary N) is 1. The average Bonchev–Trinajstić information content (AvgIpc) is 3.20. The van der Waals surface area contributed by atoms with E-state index in [4.69, 9.17) is 11.5 Å². The van der Waals surface area contributed by atoms with Crippen LogP contribution in [-0.2, 0) is 17.8 Å². The smallest absolute Gasteiger partial charge is 0.224 e. The molecule has 0 aliphatic rings. The number of amides is 1. The standard InChI is InChI=1S/C26H29N5O/c1-18(30-26(27)28)31(17-19-13-14-20-7-2-3-8-21(20)15-19)25(32)12-6-9-22-16-29-24-11-5-4-10-23(22)24/h2-5,7-8,10-11,13-16,18,29H,6,9,12,17H2,1H3,(H4,27,28,30). The minimum Gasteiger partial charge on any atom is -0.370 e.